The van der Waals surface area contributed by atoms with Crippen molar-refractivity contribution in [2.24, 2.45) is 11.7 Å². The molecule has 1 heterocycles. The Bertz CT molecular complexity index is 247. The number of nitrogens with one attached hydrogen (secondary N) is 1. The highest BCUT2D eigenvalue weighted by atomic mass is 16.2. The molecule has 86 valence electrons. The van der Waals surface area contributed by atoms with Gasteiger partial charge in [-0.3, -0.25) is 4.79 Å². The van der Waals surface area contributed by atoms with E-state index in [-0.39, 0.29) is 11.8 Å². The lowest BCUT2D eigenvalue weighted by molar-refractivity contribution is -0.133. The van der Waals surface area contributed by atoms with E-state index in [1.807, 2.05) is 13.8 Å². The molecule has 5 heteroatoms. The van der Waals surface area contributed by atoms with E-state index in [9.17, 15) is 9.59 Å². The number of rotatable bonds is 3. The Labute approximate surface area is 90.0 Å². The van der Waals surface area contributed by atoms with Crippen LogP contribution in [0.25, 0.3) is 0 Å². The van der Waals surface area contributed by atoms with Gasteiger partial charge >= 0.3 is 6.03 Å². The topological polar surface area (TPSA) is 75.4 Å². The van der Waals surface area contributed by atoms with Crippen LogP contribution < -0.4 is 11.1 Å². The maximum atomic E-state index is 12.0. The highest BCUT2D eigenvalue weighted by Gasteiger charge is 2.29. The van der Waals surface area contributed by atoms with Crippen LogP contribution in [0.5, 0.6) is 0 Å². The minimum atomic E-state index is -0.638. The Kier molecular flexibility index (Phi) is 3.94. The molecule has 1 aliphatic heterocycles. The van der Waals surface area contributed by atoms with Crippen LogP contribution in [0.4, 0.5) is 4.79 Å². The molecule has 0 bridgehead atoms. The summed E-state index contributed by atoms with van der Waals surface area (Å²) in [5, 5.41) is 2.50. The number of nitrogens with two attached hydrogens (primary N) is 1. The third kappa shape index (κ3) is 3.11. The van der Waals surface area contributed by atoms with Crippen LogP contribution in [0, 0.1) is 5.92 Å². The van der Waals surface area contributed by atoms with Gasteiger partial charge in [0.2, 0.25) is 5.91 Å². The first kappa shape index (κ1) is 11.8. The van der Waals surface area contributed by atoms with E-state index in [0.717, 1.165) is 25.9 Å². The molecule has 1 fully saturated rings. The van der Waals surface area contributed by atoms with Gasteiger partial charge in [0.1, 0.15) is 6.04 Å². The van der Waals surface area contributed by atoms with E-state index in [0.29, 0.717) is 0 Å². The van der Waals surface area contributed by atoms with Crippen molar-refractivity contribution in [2.75, 3.05) is 13.1 Å². The van der Waals surface area contributed by atoms with Crippen LogP contribution in [0.3, 0.4) is 0 Å². The van der Waals surface area contributed by atoms with Crippen LogP contribution in [0.1, 0.15) is 26.7 Å². The SMILES string of the molecule is CC(C)C(NC(N)=O)C(=O)N1CCCC1. The van der Waals surface area contributed by atoms with Gasteiger partial charge in [0.15, 0.2) is 0 Å². The van der Waals surface area contributed by atoms with Crippen molar-refractivity contribution in [2.45, 2.75) is 32.7 Å². The highest BCUT2D eigenvalue weighted by molar-refractivity contribution is 5.86. The summed E-state index contributed by atoms with van der Waals surface area (Å²) in [5.41, 5.74) is 5.05. The molecule has 3 N–H and O–H groups in total. The summed E-state index contributed by atoms with van der Waals surface area (Å²) >= 11 is 0. The average molecular weight is 213 g/mol. The molecule has 1 saturated heterocycles. The molecule has 3 amide bonds. The smallest absolute Gasteiger partial charge is 0.312 e. The normalized spacial score (nSPS) is 17.9. The molecule has 1 aliphatic rings. The van der Waals surface area contributed by atoms with Gasteiger partial charge in [-0.2, -0.15) is 0 Å². The highest BCUT2D eigenvalue weighted by Crippen LogP contribution is 2.12. The fourth-order valence-corrected chi connectivity index (χ4v) is 1.80. The summed E-state index contributed by atoms with van der Waals surface area (Å²) in [6.07, 6.45) is 2.10. The van der Waals surface area contributed by atoms with Gasteiger partial charge in [0, 0.05) is 13.1 Å². The molecular weight excluding hydrogens is 194 g/mol. The predicted octanol–water partition coefficient (Wildman–Crippen LogP) is 0.302. The van der Waals surface area contributed by atoms with Crippen LogP contribution in [0.2, 0.25) is 0 Å². The summed E-state index contributed by atoms with van der Waals surface area (Å²) in [6, 6.07) is -1.12. The van der Waals surface area contributed by atoms with Gasteiger partial charge in [0.25, 0.3) is 0 Å². The van der Waals surface area contributed by atoms with Crippen molar-refractivity contribution in [1.82, 2.24) is 10.2 Å². The lowest BCUT2D eigenvalue weighted by atomic mass is 10.0. The summed E-state index contributed by atoms with van der Waals surface area (Å²) in [6.45, 7) is 5.38. The number of primary amides is 1. The van der Waals surface area contributed by atoms with E-state index < -0.39 is 12.1 Å². The molecule has 0 radical (unpaired) electrons. The maximum Gasteiger partial charge on any atom is 0.312 e. The Balaban J connectivity index is 2.61. The number of hydrogen-bond donors (Lipinski definition) is 2. The summed E-state index contributed by atoms with van der Waals surface area (Å²) in [5.74, 6) is 0.0481. The second-order valence-electron chi connectivity index (χ2n) is 4.26. The van der Waals surface area contributed by atoms with Gasteiger partial charge in [-0.15, -0.1) is 0 Å². The van der Waals surface area contributed by atoms with E-state index in [4.69, 9.17) is 5.73 Å². The first-order valence-electron chi connectivity index (χ1n) is 5.37. The largest absolute Gasteiger partial charge is 0.352 e. The number of hydrogen-bond acceptors (Lipinski definition) is 2. The van der Waals surface area contributed by atoms with Crippen molar-refractivity contribution in [3.8, 4) is 0 Å². The van der Waals surface area contributed by atoms with Gasteiger partial charge in [-0.1, -0.05) is 13.8 Å². The minimum absolute atomic E-state index is 0.0127. The van der Waals surface area contributed by atoms with Crippen LogP contribution >= 0.6 is 0 Å². The first-order chi connectivity index (χ1) is 7.02. The summed E-state index contributed by atoms with van der Waals surface area (Å²) in [7, 11) is 0. The second kappa shape index (κ2) is 5.00. The van der Waals surface area contributed by atoms with Crippen molar-refractivity contribution in [3.05, 3.63) is 0 Å². The zero-order chi connectivity index (χ0) is 11.4. The molecular formula is C10H19N3O2. The Hall–Kier alpha value is -1.26. The van der Waals surface area contributed by atoms with Crippen molar-refractivity contribution >= 4 is 11.9 Å². The Morgan fingerprint density at radius 2 is 1.80 bits per heavy atom. The van der Waals surface area contributed by atoms with E-state index in [1.54, 1.807) is 4.90 Å². The Morgan fingerprint density at radius 3 is 2.20 bits per heavy atom. The first-order valence-corrected chi connectivity index (χ1v) is 5.37. The van der Waals surface area contributed by atoms with Gasteiger partial charge in [0.05, 0.1) is 0 Å². The van der Waals surface area contributed by atoms with Crippen molar-refractivity contribution in [1.29, 1.82) is 0 Å². The maximum absolute atomic E-state index is 12.0. The predicted molar refractivity (Wildman–Crippen MR) is 57.2 cm³/mol. The van der Waals surface area contributed by atoms with Crippen LogP contribution in [-0.2, 0) is 4.79 Å². The standard InChI is InChI=1S/C10H19N3O2/c1-7(2)8(12-10(11)15)9(14)13-5-3-4-6-13/h7-8H,3-6H2,1-2H3,(H3,11,12,15). The summed E-state index contributed by atoms with van der Waals surface area (Å²) in [4.78, 5) is 24.5. The molecule has 0 aliphatic carbocycles. The quantitative estimate of drug-likeness (QED) is 0.707. The molecule has 1 atom stereocenters. The third-order valence-electron chi connectivity index (χ3n) is 2.65. The zero-order valence-corrected chi connectivity index (χ0v) is 9.32. The third-order valence-corrected chi connectivity index (χ3v) is 2.65. The van der Waals surface area contributed by atoms with Gasteiger partial charge in [-0.25, -0.2) is 4.79 Å². The molecule has 0 spiro atoms. The molecule has 0 saturated carbocycles. The number of carbonyl (C=O) groups excluding carboxylic acids is 2. The lowest BCUT2D eigenvalue weighted by Gasteiger charge is -2.25. The fraction of sp³-hybridized carbons (Fsp3) is 0.800. The molecule has 1 unspecified atom stereocenters. The van der Waals surface area contributed by atoms with Crippen LogP contribution in [-0.4, -0.2) is 36.0 Å². The van der Waals surface area contributed by atoms with E-state index in [1.165, 1.54) is 0 Å². The zero-order valence-electron chi connectivity index (χ0n) is 9.32. The molecule has 0 aromatic heterocycles. The molecule has 0 aromatic carbocycles. The number of amides is 3. The van der Waals surface area contributed by atoms with Crippen molar-refractivity contribution in [3.63, 3.8) is 0 Å². The number of nitrogens with zero attached hydrogens (tertiary/aromatic N) is 1. The molecule has 1 rings (SSSR count). The van der Waals surface area contributed by atoms with Crippen molar-refractivity contribution < 1.29 is 9.59 Å². The van der Waals surface area contributed by atoms with Crippen LogP contribution in [0.15, 0.2) is 0 Å². The number of urea groups is 1. The average Bonchev–Trinajstić information content (AvgIpc) is 2.65. The molecule has 5 nitrogen and oxygen atoms in total. The minimum Gasteiger partial charge on any atom is -0.352 e. The summed E-state index contributed by atoms with van der Waals surface area (Å²) < 4.78 is 0. The van der Waals surface area contributed by atoms with Gasteiger partial charge < -0.3 is 16.0 Å². The Morgan fingerprint density at radius 1 is 1.27 bits per heavy atom. The van der Waals surface area contributed by atoms with Gasteiger partial charge in [-0.05, 0) is 18.8 Å². The number of carbonyl (C=O) groups is 2. The van der Waals surface area contributed by atoms with E-state index >= 15 is 0 Å². The fourth-order valence-electron chi connectivity index (χ4n) is 1.80. The molecule has 0 aromatic rings. The monoisotopic (exact) mass is 213 g/mol. The molecule has 15 heavy (non-hydrogen) atoms. The lowest BCUT2D eigenvalue weighted by Crippen LogP contribution is -2.51. The second-order valence-corrected chi connectivity index (χ2v) is 4.26. The van der Waals surface area contributed by atoms with E-state index in [2.05, 4.69) is 5.32 Å². The number of likely N-dealkylation sites (tertiary alicyclic amines) is 1.